The first-order valence-corrected chi connectivity index (χ1v) is 6.39. The summed E-state index contributed by atoms with van der Waals surface area (Å²) in [5.41, 5.74) is 1.50. The second-order valence-electron chi connectivity index (χ2n) is 4.65. The van der Waals surface area contributed by atoms with E-state index >= 15 is 0 Å². The second-order valence-corrected chi connectivity index (χ2v) is 4.65. The van der Waals surface area contributed by atoms with Gasteiger partial charge in [-0.25, -0.2) is 4.39 Å². The van der Waals surface area contributed by atoms with Crippen LogP contribution in [0.25, 0.3) is 0 Å². The lowest BCUT2D eigenvalue weighted by molar-refractivity contribution is 0.184. The first kappa shape index (κ1) is 14.3. The Balaban J connectivity index is 2.08. The molecule has 0 bridgehead atoms. The number of methoxy groups -OCH3 is 1. The van der Waals surface area contributed by atoms with Crippen LogP contribution in [-0.2, 0) is 0 Å². The maximum absolute atomic E-state index is 13.2. The van der Waals surface area contributed by atoms with Crippen molar-refractivity contribution >= 4 is 5.69 Å². The van der Waals surface area contributed by atoms with E-state index in [0.29, 0.717) is 12.3 Å². The largest absolute Gasteiger partial charge is 0.497 e. The molecule has 0 heterocycles. The molecule has 2 rings (SSSR count). The van der Waals surface area contributed by atoms with Crippen molar-refractivity contribution < 1.29 is 14.2 Å². The second kappa shape index (κ2) is 6.39. The maximum atomic E-state index is 13.2. The molecule has 0 aliphatic heterocycles. The van der Waals surface area contributed by atoms with Gasteiger partial charge in [0.1, 0.15) is 11.6 Å². The van der Waals surface area contributed by atoms with Crippen molar-refractivity contribution in [2.75, 3.05) is 25.6 Å². The van der Waals surface area contributed by atoms with Crippen molar-refractivity contribution in [3.63, 3.8) is 0 Å². The molecule has 0 amide bonds. The van der Waals surface area contributed by atoms with Gasteiger partial charge >= 0.3 is 0 Å². The number of anilines is 1. The number of rotatable bonds is 5. The number of nitrogens with zero attached hydrogens (tertiary/aromatic N) is 1. The van der Waals surface area contributed by atoms with Crippen molar-refractivity contribution in [2.45, 2.75) is 6.10 Å². The van der Waals surface area contributed by atoms with Gasteiger partial charge in [-0.05, 0) is 35.9 Å². The molecule has 0 spiro atoms. The molecule has 4 heteroatoms. The predicted octanol–water partition coefficient (Wildman–Crippen LogP) is 3.00. The highest BCUT2D eigenvalue weighted by Gasteiger charge is 2.12. The number of hydrogen-bond donors (Lipinski definition) is 1. The quantitative estimate of drug-likeness (QED) is 0.910. The van der Waals surface area contributed by atoms with Crippen molar-refractivity contribution in [3.8, 4) is 5.75 Å². The lowest BCUT2D eigenvalue weighted by Gasteiger charge is -2.23. The van der Waals surface area contributed by atoms with Gasteiger partial charge in [0.05, 0.1) is 13.2 Å². The van der Waals surface area contributed by atoms with E-state index in [0.717, 1.165) is 11.3 Å². The molecule has 0 saturated heterocycles. The van der Waals surface area contributed by atoms with E-state index in [2.05, 4.69) is 0 Å². The fourth-order valence-electron chi connectivity index (χ4n) is 2.03. The van der Waals surface area contributed by atoms with Crippen molar-refractivity contribution in [3.05, 3.63) is 59.9 Å². The molecule has 0 fully saturated rings. The van der Waals surface area contributed by atoms with E-state index in [9.17, 15) is 9.50 Å². The van der Waals surface area contributed by atoms with Gasteiger partial charge in [0, 0.05) is 19.3 Å². The third-order valence-electron chi connectivity index (χ3n) is 3.17. The summed E-state index contributed by atoms with van der Waals surface area (Å²) in [5, 5.41) is 10.3. The monoisotopic (exact) mass is 275 g/mol. The predicted molar refractivity (Wildman–Crippen MR) is 77.6 cm³/mol. The van der Waals surface area contributed by atoms with Crippen LogP contribution in [0.5, 0.6) is 5.75 Å². The number of halogens is 1. The van der Waals surface area contributed by atoms with Crippen LogP contribution in [0.15, 0.2) is 48.5 Å². The Bertz CT molecular complexity index is 574. The van der Waals surface area contributed by atoms with Crippen molar-refractivity contribution in [1.82, 2.24) is 0 Å². The lowest BCUT2D eigenvalue weighted by Crippen LogP contribution is -2.24. The van der Waals surface area contributed by atoms with E-state index in [1.165, 1.54) is 12.1 Å². The van der Waals surface area contributed by atoms with Crippen LogP contribution in [0, 0.1) is 5.82 Å². The molecule has 106 valence electrons. The Hall–Kier alpha value is -2.07. The highest BCUT2D eigenvalue weighted by atomic mass is 19.1. The summed E-state index contributed by atoms with van der Waals surface area (Å²) < 4.78 is 18.3. The van der Waals surface area contributed by atoms with Crippen LogP contribution in [0.2, 0.25) is 0 Å². The highest BCUT2D eigenvalue weighted by Crippen LogP contribution is 2.22. The van der Waals surface area contributed by atoms with Crippen LogP contribution < -0.4 is 9.64 Å². The number of aliphatic hydroxyl groups is 1. The van der Waals surface area contributed by atoms with Crippen LogP contribution in [0.1, 0.15) is 11.7 Å². The molecule has 1 unspecified atom stereocenters. The number of aliphatic hydroxyl groups excluding tert-OH is 1. The van der Waals surface area contributed by atoms with Crippen LogP contribution in [-0.4, -0.2) is 25.8 Å². The molecule has 2 aromatic carbocycles. The van der Waals surface area contributed by atoms with Gasteiger partial charge in [-0.3, -0.25) is 0 Å². The zero-order chi connectivity index (χ0) is 14.5. The van der Waals surface area contributed by atoms with Crippen LogP contribution >= 0.6 is 0 Å². The zero-order valence-corrected chi connectivity index (χ0v) is 11.6. The summed E-state index contributed by atoms with van der Waals surface area (Å²) in [6, 6.07) is 13.6. The van der Waals surface area contributed by atoms with Crippen molar-refractivity contribution in [2.24, 2.45) is 0 Å². The Morgan fingerprint density at radius 3 is 2.65 bits per heavy atom. The van der Waals surface area contributed by atoms with Crippen LogP contribution in [0.3, 0.4) is 0 Å². The van der Waals surface area contributed by atoms with Gasteiger partial charge in [-0.1, -0.05) is 18.2 Å². The summed E-state index contributed by atoms with van der Waals surface area (Å²) >= 11 is 0. The fraction of sp³-hybridized carbons (Fsp3) is 0.250. The van der Waals surface area contributed by atoms with E-state index in [1.54, 1.807) is 25.3 Å². The fourth-order valence-corrected chi connectivity index (χ4v) is 2.03. The Kier molecular flexibility index (Phi) is 4.58. The molecule has 1 N–H and O–H groups in total. The summed E-state index contributed by atoms with van der Waals surface area (Å²) in [6.45, 7) is 0.372. The average molecular weight is 275 g/mol. The van der Waals surface area contributed by atoms with Gasteiger partial charge in [-0.2, -0.15) is 0 Å². The van der Waals surface area contributed by atoms with Crippen LogP contribution in [0.4, 0.5) is 10.1 Å². The summed E-state index contributed by atoms with van der Waals surface area (Å²) in [7, 11) is 3.41. The highest BCUT2D eigenvalue weighted by molar-refractivity contribution is 5.46. The first-order valence-electron chi connectivity index (χ1n) is 6.39. The molecule has 0 saturated carbocycles. The molecule has 2 aromatic rings. The van der Waals surface area contributed by atoms with E-state index in [1.807, 2.05) is 30.1 Å². The summed E-state index contributed by atoms with van der Waals surface area (Å²) in [5.74, 6) is 0.417. The summed E-state index contributed by atoms with van der Waals surface area (Å²) in [4.78, 5) is 1.81. The molecule has 0 aliphatic carbocycles. The van der Waals surface area contributed by atoms with Crippen molar-refractivity contribution in [1.29, 1.82) is 0 Å². The minimum absolute atomic E-state index is 0.287. The minimum atomic E-state index is -0.668. The minimum Gasteiger partial charge on any atom is -0.497 e. The zero-order valence-electron chi connectivity index (χ0n) is 11.6. The Morgan fingerprint density at radius 1 is 1.20 bits per heavy atom. The number of benzene rings is 2. The molecule has 0 aromatic heterocycles. The molecular formula is C16H18FNO2. The Morgan fingerprint density at radius 2 is 1.95 bits per heavy atom. The number of ether oxygens (including phenoxy) is 1. The number of hydrogen-bond acceptors (Lipinski definition) is 3. The van der Waals surface area contributed by atoms with Gasteiger partial charge < -0.3 is 14.7 Å². The average Bonchev–Trinajstić information content (AvgIpc) is 2.47. The molecule has 0 aliphatic rings. The van der Waals surface area contributed by atoms with Gasteiger partial charge in [0.15, 0.2) is 0 Å². The topological polar surface area (TPSA) is 32.7 Å². The summed E-state index contributed by atoms with van der Waals surface area (Å²) in [6.07, 6.45) is -0.668. The van der Waals surface area contributed by atoms with E-state index in [-0.39, 0.29) is 5.82 Å². The molecule has 0 radical (unpaired) electrons. The first-order chi connectivity index (χ1) is 9.60. The van der Waals surface area contributed by atoms with Gasteiger partial charge in [0.25, 0.3) is 0 Å². The standard InChI is InChI=1S/C16H18FNO2/c1-18(14-7-4-6-13(17)10-14)11-16(19)12-5-3-8-15(9-12)20-2/h3-10,16,19H,11H2,1-2H3. The van der Waals surface area contributed by atoms with E-state index in [4.69, 9.17) is 4.74 Å². The smallest absolute Gasteiger partial charge is 0.125 e. The lowest BCUT2D eigenvalue weighted by atomic mass is 10.1. The SMILES string of the molecule is COc1cccc(C(O)CN(C)c2cccc(F)c2)c1. The molecule has 1 atom stereocenters. The molecule has 20 heavy (non-hydrogen) atoms. The molecular weight excluding hydrogens is 257 g/mol. The number of likely N-dealkylation sites (N-methyl/N-ethyl adjacent to an activating group) is 1. The Labute approximate surface area is 118 Å². The van der Waals surface area contributed by atoms with Gasteiger partial charge in [-0.15, -0.1) is 0 Å². The third-order valence-corrected chi connectivity index (χ3v) is 3.17. The van der Waals surface area contributed by atoms with Gasteiger partial charge in [0.2, 0.25) is 0 Å². The third kappa shape index (κ3) is 3.48. The maximum Gasteiger partial charge on any atom is 0.125 e. The van der Waals surface area contributed by atoms with E-state index < -0.39 is 6.10 Å². The molecule has 3 nitrogen and oxygen atoms in total. The normalized spacial score (nSPS) is 12.0.